The predicted molar refractivity (Wildman–Crippen MR) is 63.1 cm³/mol. The molecule has 2 aromatic rings. The minimum atomic E-state index is -2.37. The van der Waals surface area contributed by atoms with Crippen LogP contribution in [0.5, 0.6) is 0 Å². The van der Waals surface area contributed by atoms with E-state index in [-0.39, 0.29) is 18.8 Å². The van der Waals surface area contributed by atoms with Crippen molar-refractivity contribution in [3.63, 3.8) is 0 Å². The Morgan fingerprint density at radius 1 is 1.25 bits per heavy atom. The SMILES string of the molecule is Cl.N[C@@H](CC(F)F)c1c[nH]c2ccccc12. The number of hydrogen-bond acceptors (Lipinski definition) is 1. The van der Waals surface area contributed by atoms with Crippen LogP contribution in [0.15, 0.2) is 30.5 Å². The van der Waals surface area contributed by atoms with Gasteiger partial charge >= 0.3 is 0 Å². The highest BCUT2D eigenvalue weighted by atomic mass is 35.5. The van der Waals surface area contributed by atoms with Gasteiger partial charge in [0, 0.05) is 29.6 Å². The molecule has 1 aromatic heterocycles. The van der Waals surface area contributed by atoms with Gasteiger partial charge in [-0.05, 0) is 11.6 Å². The Balaban J connectivity index is 0.00000128. The minimum Gasteiger partial charge on any atom is -0.361 e. The van der Waals surface area contributed by atoms with Gasteiger partial charge in [-0.25, -0.2) is 8.78 Å². The number of hydrogen-bond donors (Lipinski definition) is 2. The molecule has 0 aliphatic rings. The molecule has 0 bridgehead atoms. The number of aromatic nitrogens is 1. The average molecular weight is 247 g/mol. The predicted octanol–water partition coefficient (Wildman–Crippen LogP) is 3.24. The Hall–Kier alpha value is -1.13. The Morgan fingerprint density at radius 2 is 1.94 bits per heavy atom. The van der Waals surface area contributed by atoms with Crippen LogP contribution in [0.4, 0.5) is 8.78 Å². The van der Waals surface area contributed by atoms with E-state index >= 15 is 0 Å². The van der Waals surface area contributed by atoms with Crippen LogP contribution < -0.4 is 5.73 Å². The third-order valence-electron chi connectivity index (χ3n) is 2.45. The maximum absolute atomic E-state index is 12.2. The second kappa shape index (κ2) is 5.27. The largest absolute Gasteiger partial charge is 0.361 e. The number of H-pyrrole nitrogens is 1. The van der Waals surface area contributed by atoms with Crippen LogP contribution in [-0.2, 0) is 0 Å². The smallest absolute Gasteiger partial charge is 0.240 e. The van der Waals surface area contributed by atoms with Gasteiger partial charge in [0.2, 0.25) is 6.43 Å². The molecule has 5 heteroatoms. The summed E-state index contributed by atoms with van der Waals surface area (Å²) >= 11 is 0. The summed E-state index contributed by atoms with van der Waals surface area (Å²) in [5, 5.41) is 0.922. The molecule has 1 atom stereocenters. The summed E-state index contributed by atoms with van der Waals surface area (Å²) in [5.74, 6) is 0. The molecule has 1 heterocycles. The number of fused-ring (bicyclic) bond motifs is 1. The Kier molecular flexibility index (Phi) is 4.26. The molecule has 2 rings (SSSR count). The van der Waals surface area contributed by atoms with Crippen molar-refractivity contribution in [2.75, 3.05) is 0 Å². The van der Waals surface area contributed by atoms with Gasteiger partial charge in [-0.15, -0.1) is 12.4 Å². The van der Waals surface area contributed by atoms with E-state index in [0.717, 1.165) is 16.5 Å². The number of rotatable bonds is 3. The summed E-state index contributed by atoms with van der Waals surface area (Å²) in [6.07, 6.45) is -0.965. The van der Waals surface area contributed by atoms with Gasteiger partial charge in [-0.3, -0.25) is 0 Å². The van der Waals surface area contributed by atoms with Gasteiger partial charge in [0.25, 0.3) is 0 Å². The quantitative estimate of drug-likeness (QED) is 0.858. The van der Waals surface area contributed by atoms with Gasteiger partial charge in [0.05, 0.1) is 0 Å². The van der Waals surface area contributed by atoms with Gasteiger partial charge < -0.3 is 10.7 Å². The monoisotopic (exact) mass is 246 g/mol. The van der Waals surface area contributed by atoms with E-state index in [2.05, 4.69) is 4.98 Å². The van der Waals surface area contributed by atoms with Crippen LogP contribution in [0, 0.1) is 0 Å². The first-order valence-electron chi connectivity index (χ1n) is 4.78. The molecule has 0 aliphatic carbocycles. The van der Waals surface area contributed by atoms with Crippen LogP contribution in [-0.4, -0.2) is 11.4 Å². The Labute approximate surface area is 98.2 Å². The fourth-order valence-corrected chi connectivity index (χ4v) is 1.72. The van der Waals surface area contributed by atoms with Crippen molar-refractivity contribution in [2.45, 2.75) is 18.9 Å². The zero-order valence-electron chi connectivity index (χ0n) is 8.49. The van der Waals surface area contributed by atoms with Crippen LogP contribution in [0.25, 0.3) is 10.9 Å². The second-order valence-electron chi connectivity index (χ2n) is 3.52. The van der Waals surface area contributed by atoms with E-state index < -0.39 is 12.5 Å². The number of nitrogens with two attached hydrogens (primary N) is 1. The van der Waals surface area contributed by atoms with Gasteiger partial charge in [0.1, 0.15) is 0 Å². The summed E-state index contributed by atoms with van der Waals surface area (Å²) in [4.78, 5) is 3.02. The molecule has 0 aliphatic heterocycles. The lowest BCUT2D eigenvalue weighted by Gasteiger charge is -2.09. The van der Waals surface area contributed by atoms with E-state index in [4.69, 9.17) is 5.73 Å². The van der Waals surface area contributed by atoms with Crippen LogP contribution in [0.2, 0.25) is 0 Å². The maximum atomic E-state index is 12.2. The zero-order valence-corrected chi connectivity index (χ0v) is 9.31. The molecule has 0 spiro atoms. The number of alkyl halides is 2. The molecule has 0 radical (unpaired) electrons. The molecule has 1 aromatic carbocycles. The van der Waals surface area contributed by atoms with Crippen LogP contribution in [0.1, 0.15) is 18.0 Å². The third-order valence-corrected chi connectivity index (χ3v) is 2.45. The average Bonchev–Trinajstić information content (AvgIpc) is 2.59. The van der Waals surface area contributed by atoms with Crippen molar-refractivity contribution in [3.8, 4) is 0 Å². The summed E-state index contributed by atoms with van der Waals surface area (Å²) in [5.41, 5.74) is 7.39. The van der Waals surface area contributed by atoms with Crippen molar-refractivity contribution in [2.24, 2.45) is 5.73 Å². The van der Waals surface area contributed by atoms with E-state index in [0.29, 0.717) is 0 Å². The van der Waals surface area contributed by atoms with E-state index in [9.17, 15) is 8.78 Å². The van der Waals surface area contributed by atoms with Crippen molar-refractivity contribution in [1.82, 2.24) is 4.98 Å². The molecule has 2 nitrogen and oxygen atoms in total. The van der Waals surface area contributed by atoms with E-state index in [1.54, 1.807) is 6.20 Å². The highest BCUT2D eigenvalue weighted by Crippen LogP contribution is 2.25. The summed E-state index contributed by atoms with van der Waals surface area (Å²) in [6.45, 7) is 0. The van der Waals surface area contributed by atoms with Gasteiger partial charge in [-0.1, -0.05) is 18.2 Å². The standard InChI is InChI=1S/C11H12F2N2.ClH/c12-11(13)5-9(14)8-6-15-10-4-2-1-3-7(8)10;/h1-4,6,9,11,15H,5,14H2;1H/t9-;/m0./s1. The van der Waals surface area contributed by atoms with Crippen molar-refractivity contribution in [1.29, 1.82) is 0 Å². The second-order valence-corrected chi connectivity index (χ2v) is 3.52. The molecule has 0 saturated heterocycles. The molecule has 88 valence electrons. The summed E-state index contributed by atoms with van der Waals surface area (Å²) in [6, 6.07) is 6.93. The first kappa shape index (κ1) is 12.9. The fraction of sp³-hybridized carbons (Fsp3) is 0.273. The van der Waals surface area contributed by atoms with Gasteiger partial charge in [0.15, 0.2) is 0 Å². The van der Waals surface area contributed by atoms with E-state index in [1.165, 1.54) is 0 Å². The lowest BCUT2D eigenvalue weighted by molar-refractivity contribution is 0.128. The summed E-state index contributed by atoms with van der Waals surface area (Å²) in [7, 11) is 0. The van der Waals surface area contributed by atoms with Crippen molar-refractivity contribution >= 4 is 23.3 Å². The molecular formula is C11H13ClF2N2. The highest BCUT2D eigenvalue weighted by molar-refractivity contribution is 5.85. The number of aromatic amines is 1. The molecule has 0 unspecified atom stereocenters. The third kappa shape index (κ3) is 2.51. The first-order valence-corrected chi connectivity index (χ1v) is 4.78. The topological polar surface area (TPSA) is 41.8 Å². The lowest BCUT2D eigenvalue weighted by Crippen LogP contribution is -2.13. The van der Waals surface area contributed by atoms with Crippen LogP contribution in [0.3, 0.4) is 0 Å². The molecule has 0 fully saturated rings. The number of halogens is 3. The molecule has 0 amide bonds. The first-order chi connectivity index (χ1) is 7.18. The van der Waals surface area contributed by atoms with E-state index in [1.807, 2.05) is 24.3 Å². The maximum Gasteiger partial charge on any atom is 0.240 e. The molecule has 0 saturated carbocycles. The molecular weight excluding hydrogens is 234 g/mol. The highest BCUT2D eigenvalue weighted by Gasteiger charge is 2.15. The fourth-order valence-electron chi connectivity index (χ4n) is 1.72. The normalized spacial score (nSPS) is 12.8. The van der Waals surface area contributed by atoms with Crippen molar-refractivity contribution < 1.29 is 8.78 Å². The minimum absolute atomic E-state index is 0. The number of nitrogens with one attached hydrogen (secondary N) is 1. The van der Waals surface area contributed by atoms with Crippen LogP contribution >= 0.6 is 12.4 Å². The van der Waals surface area contributed by atoms with Gasteiger partial charge in [-0.2, -0.15) is 0 Å². The molecule has 16 heavy (non-hydrogen) atoms. The lowest BCUT2D eigenvalue weighted by atomic mass is 10.0. The number of benzene rings is 1. The van der Waals surface area contributed by atoms with Crippen molar-refractivity contribution in [3.05, 3.63) is 36.0 Å². The Morgan fingerprint density at radius 3 is 2.62 bits per heavy atom. The zero-order chi connectivity index (χ0) is 10.8. The Bertz CT molecular complexity index is 456. The number of para-hydroxylation sites is 1. The summed E-state index contributed by atoms with van der Waals surface area (Å²) < 4.78 is 24.4. The molecule has 3 N–H and O–H groups in total.